The Kier molecular flexibility index (Phi) is 5.11. The Labute approximate surface area is 180 Å². The molecule has 0 saturated carbocycles. The van der Waals surface area contributed by atoms with Crippen LogP contribution in [0.1, 0.15) is 28.1 Å². The van der Waals surface area contributed by atoms with Crippen molar-refractivity contribution in [1.29, 1.82) is 0 Å². The number of carboxylic acids is 1. The molecule has 2 N–H and O–H groups in total. The average molecular weight is 457 g/mol. The van der Waals surface area contributed by atoms with E-state index in [0.29, 0.717) is 5.56 Å². The van der Waals surface area contributed by atoms with Crippen LogP contribution >= 0.6 is 11.3 Å². The van der Waals surface area contributed by atoms with Gasteiger partial charge in [-0.1, -0.05) is 36.4 Å². The molecule has 0 spiro atoms. The summed E-state index contributed by atoms with van der Waals surface area (Å²) in [6.07, 6.45) is 0. The van der Waals surface area contributed by atoms with Gasteiger partial charge in [-0.15, -0.1) is 11.3 Å². The molecule has 31 heavy (non-hydrogen) atoms. The zero-order valence-electron chi connectivity index (χ0n) is 16.1. The van der Waals surface area contributed by atoms with Crippen molar-refractivity contribution in [1.82, 2.24) is 9.55 Å². The number of carboxylic acid groups (broad SMARTS) is 1. The second kappa shape index (κ2) is 7.64. The van der Waals surface area contributed by atoms with Crippen LogP contribution in [-0.2, 0) is 9.84 Å². The first-order valence-electron chi connectivity index (χ1n) is 9.11. The molecule has 0 amide bonds. The monoisotopic (exact) mass is 456 g/mol. The smallest absolute Gasteiger partial charge is 0.337 e. The molecule has 1 unspecified atom stereocenters. The van der Waals surface area contributed by atoms with Crippen LogP contribution in [0.25, 0.3) is 15.9 Å². The van der Waals surface area contributed by atoms with Crippen molar-refractivity contribution in [3.8, 4) is 5.69 Å². The van der Waals surface area contributed by atoms with E-state index in [-0.39, 0.29) is 26.4 Å². The number of H-pyrrole nitrogens is 1. The van der Waals surface area contributed by atoms with Gasteiger partial charge in [0.05, 0.1) is 26.8 Å². The van der Waals surface area contributed by atoms with Gasteiger partial charge in [0, 0.05) is 5.38 Å². The number of aromatic carboxylic acids is 1. The molecule has 0 radical (unpaired) electrons. The van der Waals surface area contributed by atoms with Crippen molar-refractivity contribution < 1.29 is 18.3 Å². The van der Waals surface area contributed by atoms with Gasteiger partial charge in [-0.2, -0.15) is 0 Å². The van der Waals surface area contributed by atoms with E-state index >= 15 is 0 Å². The largest absolute Gasteiger partial charge is 0.478 e. The van der Waals surface area contributed by atoms with Gasteiger partial charge in [0.15, 0.2) is 9.84 Å². The summed E-state index contributed by atoms with van der Waals surface area (Å²) in [7, 11) is -3.82. The maximum Gasteiger partial charge on any atom is 0.337 e. The third-order valence-corrected chi connectivity index (χ3v) is 8.01. The fourth-order valence-electron chi connectivity index (χ4n) is 3.32. The van der Waals surface area contributed by atoms with Crippen LogP contribution in [0, 0.1) is 0 Å². The molecule has 4 rings (SSSR count). The van der Waals surface area contributed by atoms with E-state index in [1.807, 2.05) is 0 Å². The zero-order valence-corrected chi connectivity index (χ0v) is 17.7. The third kappa shape index (κ3) is 3.49. The van der Waals surface area contributed by atoms with Crippen molar-refractivity contribution in [3.05, 3.63) is 91.9 Å². The predicted molar refractivity (Wildman–Crippen MR) is 117 cm³/mol. The number of nitrogens with one attached hydrogen (secondary N) is 1. The van der Waals surface area contributed by atoms with Crippen LogP contribution in [0.5, 0.6) is 0 Å². The van der Waals surface area contributed by atoms with Gasteiger partial charge in [0.2, 0.25) is 0 Å². The summed E-state index contributed by atoms with van der Waals surface area (Å²) < 4.78 is 27.0. The normalized spacial score (nSPS) is 12.7. The Bertz CT molecular complexity index is 1530. The summed E-state index contributed by atoms with van der Waals surface area (Å²) in [4.78, 5) is 39.6. The number of nitrogens with zero attached hydrogens (tertiary/aromatic N) is 1. The van der Waals surface area contributed by atoms with Crippen LogP contribution in [0.2, 0.25) is 0 Å². The number of rotatable bonds is 5. The SMILES string of the molecule is CC(c1ccccc1)S(=O)(=O)c1cccc(-n2c(=O)[nH]c3scc(C(=O)O)c3c2=O)c1. The fraction of sp³-hybridized carbons (Fsp3) is 0.0952. The molecular formula is C21H16N2O6S2. The van der Waals surface area contributed by atoms with E-state index in [1.165, 1.54) is 29.6 Å². The van der Waals surface area contributed by atoms with Gasteiger partial charge in [-0.3, -0.25) is 9.78 Å². The molecule has 1 atom stereocenters. The summed E-state index contributed by atoms with van der Waals surface area (Å²) in [6, 6.07) is 14.2. The molecule has 0 fully saturated rings. The van der Waals surface area contributed by atoms with Gasteiger partial charge in [0.1, 0.15) is 4.83 Å². The van der Waals surface area contributed by atoms with Gasteiger partial charge >= 0.3 is 11.7 Å². The molecular weight excluding hydrogens is 440 g/mol. The first-order valence-corrected chi connectivity index (χ1v) is 11.5. The van der Waals surface area contributed by atoms with Crippen molar-refractivity contribution in [2.45, 2.75) is 17.1 Å². The number of thiophene rings is 1. The second-order valence-corrected chi connectivity index (χ2v) is 9.97. The quantitative estimate of drug-likeness (QED) is 0.475. The van der Waals surface area contributed by atoms with Crippen LogP contribution in [0.3, 0.4) is 0 Å². The first kappa shape index (κ1) is 20.8. The van der Waals surface area contributed by atoms with E-state index in [2.05, 4.69) is 4.98 Å². The van der Waals surface area contributed by atoms with E-state index in [4.69, 9.17) is 0 Å². The van der Waals surface area contributed by atoms with E-state index in [0.717, 1.165) is 15.9 Å². The summed E-state index contributed by atoms with van der Waals surface area (Å²) in [5.41, 5.74) is -1.22. The Morgan fingerprint density at radius 1 is 1.10 bits per heavy atom. The molecule has 2 heterocycles. The lowest BCUT2D eigenvalue weighted by molar-refractivity contribution is 0.0699. The predicted octanol–water partition coefficient (Wildman–Crippen LogP) is 2.97. The highest BCUT2D eigenvalue weighted by molar-refractivity contribution is 7.91. The average Bonchev–Trinajstić information content (AvgIpc) is 3.18. The van der Waals surface area contributed by atoms with Crippen molar-refractivity contribution >= 4 is 37.4 Å². The number of sulfone groups is 1. The molecule has 8 nitrogen and oxygen atoms in total. The lowest BCUT2D eigenvalue weighted by Gasteiger charge is -2.14. The molecule has 0 saturated heterocycles. The molecule has 2 aromatic heterocycles. The lowest BCUT2D eigenvalue weighted by atomic mass is 10.2. The van der Waals surface area contributed by atoms with Gasteiger partial charge in [0.25, 0.3) is 5.56 Å². The van der Waals surface area contributed by atoms with E-state index in [9.17, 15) is 27.9 Å². The van der Waals surface area contributed by atoms with Crippen LogP contribution in [0.15, 0.2) is 74.5 Å². The highest BCUT2D eigenvalue weighted by atomic mass is 32.2. The number of fused-ring (bicyclic) bond motifs is 1. The minimum Gasteiger partial charge on any atom is -0.478 e. The molecule has 2 aromatic carbocycles. The number of carbonyl (C=O) groups is 1. The summed E-state index contributed by atoms with van der Waals surface area (Å²) in [6.45, 7) is 1.56. The van der Waals surface area contributed by atoms with Gasteiger partial charge in [-0.25, -0.2) is 22.6 Å². The van der Waals surface area contributed by atoms with Crippen LogP contribution in [-0.4, -0.2) is 29.0 Å². The minimum atomic E-state index is -3.82. The van der Waals surface area contributed by atoms with Crippen molar-refractivity contribution in [3.63, 3.8) is 0 Å². The number of aromatic nitrogens is 2. The summed E-state index contributed by atoms with van der Waals surface area (Å²) >= 11 is 0.938. The molecule has 0 aliphatic heterocycles. The Morgan fingerprint density at radius 2 is 1.81 bits per heavy atom. The summed E-state index contributed by atoms with van der Waals surface area (Å²) in [5, 5.41) is 9.62. The Hall–Kier alpha value is -3.50. The minimum absolute atomic E-state index is 0.0250. The third-order valence-electron chi connectivity index (χ3n) is 5.00. The highest BCUT2D eigenvalue weighted by Crippen LogP contribution is 2.29. The van der Waals surface area contributed by atoms with Gasteiger partial charge in [-0.05, 0) is 30.7 Å². The lowest BCUT2D eigenvalue weighted by Crippen LogP contribution is -2.33. The number of aromatic amines is 1. The van der Waals surface area contributed by atoms with Crippen molar-refractivity contribution in [2.24, 2.45) is 0 Å². The van der Waals surface area contributed by atoms with E-state index < -0.39 is 32.3 Å². The second-order valence-electron chi connectivity index (χ2n) is 6.82. The van der Waals surface area contributed by atoms with Crippen molar-refractivity contribution in [2.75, 3.05) is 0 Å². The molecule has 158 valence electrons. The highest BCUT2D eigenvalue weighted by Gasteiger charge is 2.26. The number of hydrogen-bond donors (Lipinski definition) is 2. The maximum atomic E-state index is 13.2. The number of hydrogen-bond acceptors (Lipinski definition) is 6. The number of benzene rings is 2. The maximum absolute atomic E-state index is 13.2. The first-order chi connectivity index (χ1) is 14.7. The van der Waals surface area contributed by atoms with Gasteiger partial charge < -0.3 is 5.11 Å². The Balaban J connectivity index is 1.89. The van der Waals surface area contributed by atoms with Crippen LogP contribution in [0.4, 0.5) is 0 Å². The molecule has 4 aromatic rings. The van der Waals surface area contributed by atoms with Crippen LogP contribution < -0.4 is 11.2 Å². The fourth-order valence-corrected chi connectivity index (χ4v) is 5.71. The molecule has 0 aliphatic carbocycles. The standard InChI is InChI=1S/C21H16N2O6S2/c1-12(13-6-3-2-4-7-13)31(28,29)15-9-5-8-14(10-15)23-19(24)17-16(20(25)26)11-30-18(17)22-21(23)27/h2-12H,1H3,(H,22,27)(H,25,26). The zero-order chi connectivity index (χ0) is 22.3. The summed E-state index contributed by atoms with van der Waals surface area (Å²) in [5.74, 6) is -1.30. The molecule has 0 aliphatic rings. The molecule has 10 heteroatoms. The van der Waals surface area contributed by atoms with E-state index in [1.54, 1.807) is 37.3 Å². The Morgan fingerprint density at radius 3 is 2.48 bits per heavy atom. The molecule has 0 bridgehead atoms. The topological polar surface area (TPSA) is 126 Å².